The van der Waals surface area contributed by atoms with Crippen LogP contribution in [0.3, 0.4) is 0 Å². The molecule has 0 aliphatic carbocycles. The second-order valence-corrected chi connectivity index (χ2v) is 2.59. The normalized spacial score (nSPS) is 9.00. The van der Waals surface area contributed by atoms with Crippen molar-refractivity contribution in [3.8, 4) is 0 Å². The maximum atomic E-state index is 10.6. The molecule has 0 aliphatic heterocycles. The molecule has 0 radical (unpaired) electrons. The quantitative estimate of drug-likeness (QED) is 0.549. The molecule has 1 aromatic carbocycles. The molecule has 0 spiro atoms. The van der Waals surface area contributed by atoms with Crippen LogP contribution < -0.4 is 0 Å². The molecule has 0 unspecified atom stereocenters. The molecule has 1 rings (SSSR count). The van der Waals surface area contributed by atoms with Crippen LogP contribution in [0.25, 0.3) is 0 Å². The summed E-state index contributed by atoms with van der Waals surface area (Å²) in [6, 6.07) is 3.80. The molecule has 0 atom stereocenters. The van der Waals surface area contributed by atoms with Gasteiger partial charge < -0.3 is 20.1 Å². The summed E-state index contributed by atoms with van der Waals surface area (Å²) >= 11 is 0. The van der Waals surface area contributed by atoms with Gasteiger partial charge in [-0.3, -0.25) is 9.59 Å². The van der Waals surface area contributed by atoms with Gasteiger partial charge in [-0.2, -0.15) is 0 Å². The van der Waals surface area contributed by atoms with Gasteiger partial charge in [-0.25, -0.2) is 0 Å². The second kappa shape index (κ2) is 5.37. The molecule has 0 aromatic heterocycles. The van der Waals surface area contributed by atoms with Crippen molar-refractivity contribution in [2.45, 2.75) is 0 Å². The SMILES string of the molecule is O=C(O)c1c[c-]c(C(=O)O)c(C(=O)O)c1.[Zn]. The molecule has 16 heavy (non-hydrogen) atoms. The van der Waals surface area contributed by atoms with Gasteiger partial charge in [0.05, 0.1) is 0 Å². The van der Waals surface area contributed by atoms with Crippen molar-refractivity contribution in [3.63, 3.8) is 0 Å². The largest absolute Gasteiger partial charge is 0.521 e. The van der Waals surface area contributed by atoms with E-state index in [1.807, 2.05) is 0 Å². The van der Waals surface area contributed by atoms with Gasteiger partial charge in [0.25, 0.3) is 11.9 Å². The van der Waals surface area contributed by atoms with Gasteiger partial charge in [0.15, 0.2) is 0 Å². The van der Waals surface area contributed by atoms with Crippen molar-refractivity contribution >= 4 is 17.9 Å². The fourth-order valence-corrected chi connectivity index (χ4v) is 0.966. The van der Waals surface area contributed by atoms with Crippen molar-refractivity contribution in [1.82, 2.24) is 0 Å². The van der Waals surface area contributed by atoms with E-state index in [4.69, 9.17) is 15.3 Å². The monoisotopic (exact) mass is 273 g/mol. The summed E-state index contributed by atoms with van der Waals surface area (Å²) < 4.78 is 0. The van der Waals surface area contributed by atoms with Crippen LogP contribution in [0.1, 0.15) is 31.1 Å². The van der Waals surface area contributed by atoms with Gasteiger partial charge in [-0.15, -0.1) is 18.2 Å². The van der Waals surface area contributed by atoms with E-state index in [0.717, 1.165) is 12.1 Å². The summed E-state index contributed by atoms with van der Waals surface area (Å²) in [7, 11) is 0. The van der Waals surface area contributed by atoms with E-state index in [-0.39, 0.29) is 25.0 Å². The first-order chi connectivity index (χ1) is 6.93. The molecule has 3 N–H and O–H groups in total. The molecule has 0 heterocycles. The molecular weight excluding hydrogens is 269 g/mol. The van der Waals surface area contributed by atoms with Crippen molar-refractivity contribution in [2.24, 2.45) is 0 Å². The minimum atomic E-state index is -1.51. The van der Waals surface area contributed by atoms with Crippen molar-refractivity contribution in [2.75, 3.05) is 0 Å². The van der Waals surface area contributed by atoms with Gasteiger partial charge in [-0.1, -0.05) is 5.56 Å². The molecule has 0 bridgehead atoms. The number of carboxylic acids is 3. The molecule has 1 aromatic rings. The van der Waals surface area contributed by atoms with Crippen LogP contribution in [0, 0.1) is 6.07 Å². The molecule has 0 amide bonds. The maximum Gasteiger partial charge on any atom is 0.292 e. The molecule has 0 saturated heterocycles. The molecule has 80 valence electrons. The first kappa shape index (κ1) is 14.3. The second-order valence-electron chi connectivity index (χ2n) is 2.59. The van der Waals surface area contributed by atoms with Crippen LogP contribution in [0.15, 0.2) is 12.1 Å². The number of hydrogen-bond donors (Lipinski definition) is 3. The Labute approximate surface area is 102 Å². The van der Waals surface area contributed by atoms with Crippen LogP contribution in [-0.4, -0.2) is 33.2 Å². The molecule has 0 aliphatic rings. The third-order valence-corrected chi connectivity index (χ3v) is 1.63. The number of benzene rings is 1. The molecule has 6 nitrogen and oxygen atoms in total. The molecular formula is C9H5O6Zn-. The Morgan fingerprint density at radius 1 is 1.00 bits per heavy atom. The van der Waals surface area contributed by atoms with Crippen LogP contribution in [0.5, 0.6) is 0 Å². The van der Waals surface area contributed by atoms with E-state index in [0.29, 0.717) is 0 Å². The Morgan fingerprint density at radius 3 is 1.94 bits per heavy atom. The van der Waals surface area contributed by atoms with Gasteiger partial charge in [0.2, 0.25) is 5.97 Å². The smallest absolute Gasteiger partial charge is 0.292 e. The predicted molar refractivity (Wildman–Crippen MR) is 46.2 cm³/mol. The third-order valence-electron chi connectivity index (χ3n) is 1.63. The number of aromatic carboxylic acids is 3. The van der Waals surface area contributed by atoms with E-state index in [2.05, 4.69) is 6.07 Å². The van der Waals surface area contributed by atoms with Crippen LogP contribution in [-0.2, 0) is 19.5 Å². The van der Waals surface area contributed by atoms with Crippen LogP contribution in [0.4, 0.5) is 0 Å². The zero-order valence-corrected chi connectivity index (χ0v) is 10.9. The standard InChI is InChI=1S/C9H5O6.Zn/c10-7(11)4-1-2-5(8(12)13)6(3-4)9(14)15;/h1,3H,(H,10,11)(H,12,13)(H,14,15);/q-1;. The summed E-state index contributed by atoms with van der Waals surface area (Å²) in [5, 5.41) is 25.8. The summed E-state index contributed by atoms with van der Waals surface area (Å²) in [5.74, 6) is -4.32. The fourth-order valence-electron chi connectivity index (χ4n) is 0.966. The Balaban J connectivity index is 0.00000225. The minimum Gasteiger partial charge on any atom is -0.521 e. The van der Waals surface area contributed by atoms with E-state index < -0.39 is 29.0 Å². The van der Waals surface area contributed by atoms with Crippen molar-refractivity contribution < 1.29 is 49.2 Å². The van der Waals surface area contributed by atoms with E-state index in [1.54, 1.807) is 0 Å². The molecule has 0 saturated carbocycles. The average molecular weight is 275 g/mol. The Kier molecular flexibility index (Phi) is 4.78. The van der Waals surface area contributed by atoms with Crippen LogP contribution in [0.2, 0.25) is 0 Å². The molecule has 7 heteroatoms. The third kappa shape index (κ3) is 2.87. The minimum absolute atomic E-state index is 0. The van der Waals surface area contributed by atoms with Crippen LogP contribution >= 0.6 is 0 Å². The zero-order valence-electron chi connectivity index (χ0n) is 7.93. The summed E-state index contributed by atoms with van der Waals surface area (Å²) in [5.41, 5.74) is -1.48. The van der Waals surface area contributed by atoms with Gasteiger partial charge in [0, 0.05) is 19.5 Å². The number of rotatable bonds is 3. The number of hydrogen-bond acceptors (Lipinski definition) is 3. The van der Waals surface area contributed by atoms with Crippen molar-refractivity contribution in [3.05, 3.63) is 34.9 Å². The topological polar surface area (TPSA) is 112 Å². The molecule has 0 fully saturated rings. The maximum absolute atomic E-state index is 10.6. The van der Waals surface area contributed by atoms with Gasteiger partial charge in [0.1, 0.15) is 0 Å². The Morgan fingerprint density at radius 2 is 1.56 bits per heavy atom. The summed E-state index contributed by atoms with van der Waals surface area (Å²) in [6.45, 7) is 0. The van der Waals surface area contributed by atoms with Gasteiger partial charge in [-0.05, 0) is 11.1 Å². The number of carbonyl (C=O) groups is 3. The summed E-state index contributed by atoms with van der Waals surface area (Å²) in [4.78, 5) is 31.7. The average Bonchev–Trinajstić information content (AvgIpc) is 2.16. The van der Waals surface area contributed by atoms with E-state index in [9.17, 15) is 14.4 Å². The first-order valence-corrected chi connectivity index (χ1v) is 3.69. The fraction of sp³-hybridized carbons (Fsp3) is 0. The van der Waals surface area contributed by atoms with Crippen molar-refractivity contribution in [1.29, 1.82) is 0 Å². The van der Waals surface area contributed by atoms with Gasteiger partial charge >= 0.3 is 0 Å². The first-order valence-electron chi connectivity index (χ1n) is 3.69. The van der Waals surface area contributed by atoms with E-state index in [1.165, 1.54) is 0 Å². The summed E-state index contributed by atoms with van der Waals surface area (Å²) in [6.07, 6.45) is 0. The van der Waals surface area contributed by atoms with E-state index >= 15 is 0 Å². The number of carboxylic acid groups (broad SMARTS) is 3. The zero-order chi connectivity index (χ0) is 11.6. The Bertz CT molecular complexity index is 453. The predicted octanol–water partition coefficient (Wildman–Crippen LogP) is 0.579. The Hall–Kier alpha value is -1.75.